The fourth-order valence-corrected chi connectivity index (χ4v) is 3.14. The van der Waals surface area contributed by atoms with Crippen molar-refractivity contribution < 1.29 is 48.1 Å². The molecule has 0 rings (SSSR count). The molecule has 0 bridgehead atoms. The Bertz CT molecular complexity index is 315. The van der Waals surface area contributed by atoms with Crippen molar-refractivity contribution in [1.29, 1.82) is 0 Å². The van der Waals surface area contributed by atoms with Crippen molar-refractivity contribution in [2.75, 3.05) is 13.2 Å². The SMILES string of the molecule is CCC(C)CCCCCCCOP(=O)([O-])OCCCC(C)CC.[Na+]. The summed E-state index contributed by atoms with van der Waals surface area (Å²) in [6, 6.07) is 0. The van der Waals surface area contributed by atoms with Crippen LogP contribution in [0.4, 0.5) is 0 Å². The number of phosphoric ester groups is 1. The first-order valence-electron chi connectivity index (χ1n) is 9.51. The molecule has 0 fully saturated rings. The van der Waals surface area contributed by atoms with Crippen molar-refractivity contribution in [2.45, 2.75) is 91.9 Å². The van der Waals surface area contributed by atoms with Crippen LogP contribution in [0.1, 0.15) is 91.9 Å². The van der Waals surface area contributed by atoms with Gasteiger partial charge < -0.3 is 13.9 Å². The molecule has 0 heterocycles. The summed E-state index contributed by atoms with van der Waals surface area (Å²) < 4.78 is 21.4. The number of phosphoric acid groups is 1. The molecule has 0 spiro atoms. The molecule has 3 unspecified atom stereocenters. The Morgan fingerprint density at radius 1 is 0.792 bits per heavy atom. The van der Waals surface area contributed by atoms with E-state index in [1.54, 1.807) is 0 Å². The van der Waals surface area contributed by atoms with Crippen LogP contribution in [0.2, 0.25) is 0 Å². The summed E-state index contributed by atoms with van der Waals surface area (Å²) in [7, 11) is -4.09. The van der Waals surface area contributed by atoms with Crippen LogP contribution in [0, 0.1) is 11.8 Å². The maximum absolute atomic E-state index is 11.6. The molecule has 0 radical (unpaired) electrons. The van der Waals surface area contributed by atoms with E-state index >= 15 is 0 Å². The average molecular weight is 372 g/mol. The molecule has 24 heavy (non-hydrogen) atoms. The Morgan fingerprint density at radius 3 is 1.75 bits per heavy atom. The van der Waals surface area contributed by atoms with Gasteiger partial charge in [0.1, 0.15) is 0 Å². The third-order valence-corrected chi connectivity index (χ3v) is 5.57. The Hall–Kier alpha value is 1.11. The molecule has 4 nitrogen and oxygen atoms in total. The van der Waals surface area contributed by atoms with Gasteiger partial charge in [-0.2, -0.15) is 0 Å². The van der Waals surface area contributed by atoms with Gasteiger partial charge in [0.15, 0.2) is 0 Å². The molecule has 0 N–H and O–H groups in total. The van der Waals surface area contributed by atoms with E-state index in [1.807, 2.05) is 0 Å². The second-order valence-corrected chi connectivity index (χ2v) is 8.25. The molecular weight excluding hydrogens is 334 g/mol. The number of hydrogen-bond donors (Lipinski definition) is 0. The van der Waals surface area contributed by atoms with E-state index in [0.717, 1.165) is 44.4 Å². The van der Waals surface area contributed by atoms with Crippen LogP contribution in [0.15, 0.2) is 0 Å². The average Bonchev–Trinajstić information content (AvgIpc) is 2.53. The third kappa shape index (κ3) is 17.9. The van der Waals surface area contributed by atoms with Crippen LogP contribution >= 0.6 is 7.82 Å². The van der Waals surface area contributed by atoms with Gasteiger partial charge >= 0.3 is 29.6 Å². The van der Waals surface area contributed by atoms with E-state index in [1.165, 1.54) is 25.7 Å². The Morgan fingerprint density at radius 2 is 1.21 bits per heavy atom. The summed E-state index contributed by atoms with van der Waals surface area (Å²) in [5.41, 5.74) is 0. The van der Waals surface area contributed by atoms with Gasteiger partial charge in [0.05, 0.1) is 13.2 Å². The second kappa shape index (κ2) is 17.5. The summed E-state index contributed by atoms with van der Waals surface area (Å²) in [4.78, 5) is 11.6. The van der Waals surface area contributed by atoms with E-state index in [9.17, 15) is 9.46 Å². The quantitative estimate of drug-likeness (QED) is 0.237. The van der Waals surface area contributed by atoms with E-state index in [0.29, 0.717) is 5.92 Å². The van der Waals surface area contributed by atoms with Crippen molar-refractivity contribution in [3.05, 3.63) is 0 Å². The zero-order valence-corrected chi connectivity index (χ0v) is 19.6. The van der Waals surface area contributed by atoms with E-state index in [4.69, 9.17) is 9.05 Å². The molecular formula is C18H38NaO4P. The minimum Gasteiger partial charge on any atom is -0.756 e. The summed E-state index contributed by atoms with van der Waals surface area (Å²) in [6.07, 6.45) is 10.9. The van der Waals surface area contributed by atoms with Gasteiger partial charge in [-0.1, -0.05) is 72.6 Å². The van der Waals surface area contributed by atoms with Crippen molar-refractivity contribution in [3.63, 3.8) is 0 Å². The van der Waals surface area contributed by atoms with Crippen LogP contribution < -0.4 is 34.5 Å². The smallest absolute Gasteiger partial charge is 0.756 e. The Kier molecular flexibility index (Phi) is 20.0. The molecule has 0 saturated carbocycles. The molecule has 0 aromatic carbocycles. The van der Waals surface area contributed by atoms with E-state index < -0.39 is 7.82 Å². The van der Waals surface area contributed by atoms with Crippen molar-refractivity contribution in [1.82, 2.24) is 0 Å². The summed E-state index contributed by atoms with van der Waals surface area (Å²) in [5, 5.41) is 0. The summed E-state index contributed by atoms with van der Waals surface area (Å²) >= 11 is 0. The predicted molar refractivity (Wildman–Crippen MR) is 95.4 cm³/mol. The van der Waals surface area contributed by atoms with Crippen molar-refractivity contribution in [3.8, 4) is 0 Å². The molecule has 140 valence electrons. The van der Waals surface area contributed by atoms with Crippen LogP contribution in [0.3, 0.4) is 0 Å². The fourth-order valence-electron chi connectivity index (χ4n) is 2.36. The molecule has 0 amide bonds. The van der Waals surface area contributed by atoms with E-state index in [-0.39, 0.29) is 42.8 Å². The zero-order valence-electron chi connectivity index (χ0n) is 16.7. The minimum atomic E-state index is -4.09. The standard InChI is InChI=1S/C18H39O4P.Na/c1-5-17(3)13-10-8-7-9-11-15-21-23(19,20)22-16-12-14-18(4)6-2;/h17-18H,5-16H2,1-4H3,(H,19,20);/q;+1/p-1. The third-order valence-electron chi connectivity index (χ3n) is 4.58. The van der Waals surface area contributed by atoms with E-state index in [2.05, 4.69) is 27.7 Å². The Labute approximate surface area is 172 Å². The predicted octanol–water partition coefficient (Wildman–Crippen LogP) is 2.71. The van der Waals surface area contributed by atoms with Gasteiger partial charge in [0.25, 0.3) is 7.82 Å². The Balaban J connectivity index is 0. The van der Waals surface area contributed by atoms with Crippen molar-refractivity contribution in [2.24, 2.45) is 11.8 Å². The van der Waals surface area contributed by atoms with Gasteiger partial charge in [0.2, 0.25) is 0 Å². The molecule has 0 aliphatic heterocycles. The minimum absolute atomic E-state index is 0. The number of rotatable bonds is 16. The molecule has 6 heteroatoms. The normalized spacial score (nSPS) is 16.2. The summed E-state index contributed by atoms with van der Waals surface area (Å²) in [5.74, 6) is 1.44. The topological polar surface area (TPSA) is 58.6 Å². The molecule has 0 saturated heterocycles. The van der Waals surface area contributed by atoms with Gasteiger partial charge in [-0.25, -0.2) is 0 Å². The van der Waals surface area contributed by atoms with Crippen LogP contribution in [-0.2, 0) is 13.6 Å². The van der Waals surface area contributed by atoms with Gasteiger partial charge in [-0.15, -0.1) is 0 Å². The fraction of sp³-hybridized carbons (Fsp3) is 1.00. The number of hydrogen-bond acceptors (Lipinski definition) is 4. The maximum atomic E-state index is 11.6. The van der Waals surface area contributed by atoms with Crippen molar-refractivity contribution >= 4 is 7.82 Å². The summed E-state index contributed by atoms with van der Waals surface area (Å²) in [6.45, 7) is 9.31. The molecule has 0 aromatic rings. The first-order chi connectivity index (χ1) is 10.9. The first kappa shape index (κ1) is 27.3. The van der Waals surface area contributed by atoms with Crippen LogP contribution in [-0.4, -0.2) is 13.2 Å². The van der Waals surface area contributed by atoms with Gasteiger partial charge in [0, 0.05) is 0 Å². The largest absolute Gasteiger partial charge is 1.00 e. The number of unbranched alkanes of at least 4 members (excludes halogenated alkanes) is 4. The zero-order chi connectivity index (χ0) is 17.6. The second-order valence-electron chi connectivity index (χ2n) is 6.84. The van der Waals surface area contributed by atoms with Crippen LogP contribution in [0.5, 0.6) is 0 Å². The molecule has 0 aliphatic rings. The first-order valence-corrected chi connectivity index (χ1v) is 11.0. The molecule has 0 aliphatic carbocycles. The maximum Gasteiger partial charge on any atom is 1.00 e. The van der Waals surface area contributed by atoms with Crippen LogP contribution in [0.25, 0.3) is 0 Å². The molecule has 0 aromatic heterocycles. The monoisotopic (exact) mass is 372 g/mol. The molecule has 3 atom stereocenters. The van der Waals surface area contributed by atoms with Gasteiger partial charge in [-0.05, 0) is 31.1 Å². The van der Waals surface area contributed by atoms with Gasteiger partial charge in [-0.3, -0.25) is 4.57 Å².